The van der Waals surface area contributed by atoms with Crippen LogP contribution in [-0.4, -0.2) is 4.98 Å². The maximum atomic E-state index is 4.77. The van der Waals surface area contributed by atoms with E-state index in [4.69, 9.17) is 4.98 Å². The van der Waals surface area contributed by atoms with Crippen LogP contribution < -0.4 is 0 Å². The Morgan fingerprint density at radius 1 is 1.00 bits per heavy atom. The number of thiazole rings is 1. The molecule has 0 bridgehead atoms. The molecule has 144 valence electrons. The molecule has 1 aromatic heterocycles. The van der Waals surface area contributed by atoms with Gasteiger partial charge in [-0.1, -0.05) is 90.7 Å². The van der Waals surface area contributed by atoms with Crippen LogP contribution in [0.1, 0.15) is 77.4 Å². The first-order chi connectivity index (χ1) is 12.3. The average Bonchev–Trinajstić information content (AvgIpc) is 3.08. The normalized spacial score (nSPS) is 23.3. The van der Waals surface area contributed by atoms with Crippen LogP contribution in [0.2, 0.25) is 0 Å². The Bertz CT molecular complexity index is 645. The average molecular weight is 372 g/mol. The summed E-state index contributed by atoms with van der Waals surface area (Å²) in [5, 5.41) is 1.08. The SMILES string of the molecule is C=Cc1nc(C2(C)/C=C\C=C(C)CC(C)(C)/C=C\2)sc1C=C.CC.CC. The van der Waals surface area contributed by atoms with Crippen molar-refractivity contribution in [2.24, 2.45) is 5.41 Å². The Kier molecular flexibility index (Phi) is 10.4. The molecule has 26 heavy (non-hydrogen) atoms. The number of nitrogens with zero attached hydrogens (tertiary/aromatic N) is 1. The van der Waals surface area contributed by atoms with Gasteiger partial charge in [0.2, 0.25) is 0 Å². The van der Waals surface area contributed by atoms with Crippen molar-refractivity contribution in [1.82, 2.24) is 4.98 Å². The van der Waals surface area contributed by atoms with Gasteiger partial charge in [-0.25, -0.2) is 4.98 Å². The topological polar surface area (TPSA) is 12.9 Å². The van der Waals surface area contributed by atoms with Crippen molar-refractivity contribution in [2.75, 3.05) is 0 Å². The Morgan fingerprint density at radius 2 is 1.62 bits per heavy atom. The van der Waals surface area contributed by atoms with Crippen LogP contribution >= 0.6 is 11.3 Å². The Balaban J connectivity index is 0.00000146. The molecule has 1 atom stereocenters. The quantitative estimate of drug-likeness (QED) is 0.487. The summed E-state index contributed by atoms with van der Waals surface area (Å²) in [6.07, 6.45) is 15.9. The van der Waals surface area contributed by atoms with E-state index in [1.54, 1.807) is 17.4 Å². The fourth-order valence-electron chi connectivity index (χ4n) is 2.71. The summed E-state index contributed by atoms with van der Waals surface area (Å²) in [7, 11) is 0. The molecule has 1 aliphatic rings. The lowest BCUT2D eigenvalue weighted by atomic mass is 9.82. The van der Waals surface area contributed by atoms with E-state index < -0.39 is 0 Å². The number of hydrogen-bond donors (Lipinski definition) is 0. The van der Waals surface area contributed by atoms with Crippen molar-refractivity contribution < 1.29 is 0 Å². The predicted octanol–water partition coefficient (Wildman–Crippen LogP) is 8.23. The molecule has 0 N–H and O–H groups in total. The monoisotopic (exact) mass is 371 g/mol. The number of hydrogen-bond acceptors (Lipinski definition) is 2. The van der Waals surface area contributed by atoms with Crippen molar-refractivity contribution in [3.05, 3.63) is 64.7 Å². The van der Waals surface area contributed by atoms with Gasteiger partial charge >= 0.3 is 0 Å². The largest absolute Gasteiger partial charge is 0.240 e. The van der Waals surface area contributed by atoms with Crippen molar-refractivity contribution in [1.29, 1.82) is 0 Å². The lowest BCUT2D eigenvalue weighted by molar-refractivity contribution is 0.471. The van der Waals surface area contributed by atoms with Crippen molar-refractivity contribution >= 4 is 23.5 Å². The fourth-order valence-corrected chi connectivity index (χ4v) is 3.74. The summed E-state index contributed by atoms with van der Waals surface area (Å²) >= 11 is 1.69. The molecule has 1 aromatic rings. The first-order valence-corrected chi connectivity index (χ1v) is 10.4. The van der Waals surface area contributed by atoms with E-state index in [1.165, 1.54) is 5.57 Å². The lowest BCUT2D eigenvalue weighted by Crippen LogP contribution is -2.17. The van der Waals surface area contributed by atoms with Gasteiger partial charge in [0.15, 0.2) is 0 Å². The van der Waals surface area contributed by atoms with Crippen molar-refractivity contribution in [3.63, 3.8) is 0 Å². The summed E-state index contributed by atoms with van der Waals surface area (Å²) in [5.41, 5.74) is 2.26. The zero-order valence-electron chi connectivity index (χ0n) is 18.0. The Hall–Kier alpha value is -1.67. The molecule has 0 radical (unpaired) electrons. The highest BCUT2D eigenvalue weighted by molar-refractivity contribution is 7.13. The minimum absolute atomic E-state index is 0.146. The minimum atomic E-state index is -0.206. The molecular weight excluding hydrogens is 334 g/mol. The Labute approximate surface area is 166 Å². The zero-order chi connectivity index (χ0) is 20.4. The number of rotatable bonds is 3. The highest BCUT2D eigenvalue weighted by Crippen LogP contribution is 2.37. The van der Waals surface area contributed by atoms with Crippen LogP contribution in [0.3, 0.4) is 0 Å². The maximum absolute atomic E-state index is 4.77. The van der Waals surface area contributed by atoms with E-state index >= 15 is 0 Å². The summed E-state index contributed by atoms with van der Waals surface area (Å²) in [6.45, 7) is 24.7. The van der Waals surface area contributed by atoms with Crippen LogP contribution in [0.15, 0.2) is 49.1 Å². The second-order valence-corrected chi connectivity index (χ2v) is 7.86. The van der Waals surface area contributed by atoms with Gasteiger partial charge in [-0.2, -0.15) is 0 Å². The number of allylic oxidation sites excluding steroid dienone is 6. The molecule has 0 spiro atoms. The summed E-state index contributed by atoms with van der Waals surface area (Å²) in [5.74, 6) is 0. The lowest BCUT2D eigenvalue weighted by Gasteiger charge is -2.23. The first-order valence-electron chi connectivity index (χ1n) is 9.61. The van der Waals surface area contributed by atoms with Gasteiger partial charge < -0.3 is 0 Å². The van der Waals surface area contributed by atoms with Crippen LogP contribution in [0.25, 0.3) is 12.2 Å². The van der Waals surface area contributed by atoms with E-state index in [0.717, 1.165) is 22.0 Å². The van der Waals surface area contributed by atoms with Gasteiger partial charge in [0.25, 0.3) is 0 Å². The van der Waals surface area contributed by atoms with E-state index in [2.05, 4.69) is 71.2 Å². The van der Waals surface area contributed by atoms with Crippen LogP contribution in [0, 0.1) is 5.41 Å². The molecule has 2 heteroatoms. The molecular formula is C24H37NS. The first kappa shape index (κ1) is 24.3. The standard InChI is InChI=1S/C20H25NS.2C2H6/c1-7-16-17(8-2)22-18(21-16)20(6)11-9-10-15(3)14-19(4,5)12-13-20;2*1-2/h7-13H,1-2,14H2,3-6H3;2*1-2H3/b11-9-,13-12-,15-10?;;. The van der Waals surface area contributed by atoms with Gasteiger partial charge in [0.1, 0.15) is 5.01 Å². The fraction of sp³-hybridized carbons (Fsp3) is 0.458. The second-order valence-electron chi connectivity index (χ2n) is 6.83. The molecule has 1 heterocycles. The van der Waals surface area contributed by atoms with Crippen LogP contribution in [0.4, 0.5) is 0 Å². The highest BCUT2D eigenvalue weighted by Gasteiger charge is 2.27. The molecule has 0 fully saturated rings. The highest BCUT2D eigenvalue weighted by atomic mass is 32.1. The van der Waals surface area contributed by atoms with Gasteiger partial charge in [0.05, 0.1) is 16.0 Å². The molecule has 1 nitrogen and oxygen atoms in total. The van der Waals surface area contributed by atoms with E-state index in [1.807, 2.05) is 33.8 Å². The van der Waals surface area contributed by atoms with Crippen LogP contribution in [-0.2, 0) is 5.41 Å². The zero-order valence-corrected chi connectivity index (χ0v) is 18.8. The van der Waals surface area contributed by atoms with E-state index in [9.17, 15) is 0 Å². The molecule has 0 amide bonds. The third-order valence-electron chi connectivity index (χ3n) is 3.96. The molecule has 1 aliphatic carbocycles. The minimum Gasteiger partial charge on any atom is -0.240 e. The molecule has 0 aliphatic heterocycles. The third kappa shape index (κ3) is 6.57. The predicted molar refractivity (Wildman–Crippen MR) is 123 cm³/mol. The smallest absolute Gasteiger partial charge is 0.107 e. The molecule has 0 saturated heterocycles. The van der Waals surface area contributed by atoms with Gasteiger partial charge in [0, 0.05) is 0 Å². The van der Waals surface area contributed by atoms with Crippen molar-refractivity contribution in [2.45, 2.75) is 67.2 Å². The van der Waals surface area contributed by atoms with Crippen LogP contribution in [0.5, 0.6) is 0 Å². The molecule has 0 saturated carbocycles. The molecule has 2 rings (SSSR count). The maximum Gasteiger partial charge on any atom is 0.107 e. The second kappa shape index (κ2) is 11.1. The summed E-state index contributed by atoms with van der Waals surface area (Å²) in [4.78, 5) is 5.85. The van der Waals surface area contributed by atoms with Gasteiger partial charge in [-0.05, 0) is 37.8 Å². The molecule has 1 unspecified atom stereocenters. The third-order valence-corrected chi connectivity index (χ3v) is 5.28. The molecule has 0 aromatic carbocycles. The van der Waals surface area contributed by atoms with Gasteiger partial charge in [-0.3, -0.25) is 0 Å². The summed E-state index contributed by atoms with van der Waals surface area (Å²) < 4.78 is 0. The van der Waals surface area contributed by atoms with Crippen molar-refractivity contribution in [3.8, 4) is 0 Å². The Morgan fingerprint density at radius 3 is 2.12 bits per heavy atom. The number of aromatic nitrogens is 1. The summed E-state index contributed by atoms with van der Waals surface area (Å²) in [6, 6.07) is 0. The van der Waals surface area contributed by atoms with E-state index in [0.29, 0.717) is 0 Å². The van der Waals surface area contributed by atoms with E-state index in [-0.39, 0.29) is 10.8 Å². The van der Waals surface area contributed by atoms with Gasteiger partial charge in [-0.15, -0.1) is 11.3 Å².